The average molecular weight is 476 g/mol. The van der Waals surface area contributed by atoms with E-state index in [-0.39, 0.29) is 40.5 Å². The predicted molar refractivity (Wildman–Crippen MR) is 124 cm³/mol. The van der Waals surface area contributed by atoms with E-state index in [1.54, 1.807) is 55.8 Å². The Morgan fingerprint density at radius 3 is 2.26 bits per heavy atom. The van der Waals surface area contributed by atoms with E-state index in [2.05, 4.69) is 9.97 Å². The van der Waals surface area contributed by atoms with Crippen molar-refractivity contribution in [1.82, 2.24) is 9.97 Å². The van der Waals surface area contributed by atoms with Crippen LogP contribution in [0.25, 0.3) is 10.9 Å². The molecule has 0 aliphatic rings. The van der Waals surface area contributed by atoms with E-state index >= 15 is 0 Å². The van der Waals surface area contributed by atoms with Gasteiger partial charge in [0.25, 0.3) is 0 Å². The topological polar surface area (TPSA) is 108 Å². The Morgan fingerprint density at radius 2 is 1.63 bits per heavy atom. The third-order valence-corrected chi connectivity index (χ3v) is 5.30. The molecule has 0 amide bonds. The predicted octanol–water partition coefficient (Wildman–Crippen LogP) is 4.43. The van der Waals surface area contributed by atoms with Crippen LogP contribution in [0, 0.1) is 5.82 Å². The van der Waals surface area contributed by atoms with Crippen molar-refractivity contribution in [3.05, 3.63) is 94.7 Å². The van der Waals surface area contributed by atoms with Gasteiger partial charge in [-0.2, -0.15) is 0 Å². The first kappa shape index (κ1) is 23.6. The van der Waals surface area contributed by atoms with Crippen molar-refractivity contribution in [2.24, 2.45) is 0 Å². The van der Waals surface area contributed by atoms with Crippen LogP contribution in [-0.2, 0) is 17.8 Å². The Hall–Kier alpha value is -4.53. The quantitative estimate of drug-likeness (QED) is 0.372. The number of carbonyl (C=O) groups is 2. The number of fused-ring (bicyclic) bond motifs is 1. The summed E-state index contributed by atoms with van der Waals surface area (Å²) in [6.45, 7) is 0.0657. The molecule has 8 nitrogen and oxygen atoms in total. The van der Waals surface area contributed by atoms with Crippen LogP contribution >= 0.6 is 0 Å². The van der Waals surface area contributed by atoms with Crippen molar-refractivity contribution in [3.8, 4) is 11.5 Å². The first-order valence-corrected chi connectivity index (χ1v) is 10.5. The molecule has 1 N–H and O–H groups in total. The zero-order valence-electron chi connectivity index (χ0n) is 18.9. The van der Waals surface area contributed by atoms with Crippen LogP contribution in [-0.4, -0.2) is 41.2 Å². The van der Waals surface area contributed by atoms with Crippen LogP contribution in [0.4, 0.5) is 4.39 Å². The van der Waals surface area contributed by atoms with Crippen molar-refractivity contribution in [2.45, 2.75) is 13.0 Å². The van der Waals surface area contributed by atoms with Crippen molar-refractivity contribution in [1.29, 1.82) is 0 Å². The fourth-order valence-corrected chi connectivity index (χ4v) is 3.55. The molecule has 9 heteroatoms. The molecular formula is C26H21FN2O6. The second-order valence-corrected chi connectivity index (χ2v) is 7.61. The minimum absolute atomic E-state index is 0.0148. The van der Waals surface area contributed by atoms with Gasteiger partial charge in [-0.05, 0) is 53.4 Å². The molecule has 0 unspecified atom stereocenters. The van der Waals surface area contributed by atoms with E-state index in [4.69, 9.17) is 14.2 Å². The summed E-state index contributed by atoms with van der Waals surface area (Å²) in [5, 5.41) is 9.99. The van der Waals surface area contributed by atoms with Gasteiger partial charge in [0.15, 0.2) is 17.1 Å². The number of hydrogen-bond acceptors (Lipinski definition) is 7. The fraction of sp³-hybridized carbons (Fsp3) is 0.154. The van der Waals surface area contributed by atoms with E-state index < -0.39 is 11.9 Å². The van der Waals surface area contributed by atoms with Gasteiger partial charge >= 0.3 is 11.9 Å². The Bertz CT molecular complexity index is 1390. The maximum absolute atomic E-state index is 13.2. The summed E-state index contributed by atoms with van der Waals surface area (Å²) in [5.74, 6) is -1.84. The largest absolute Gasteiger partial charge is 0.497 e. The van der Waals surface area contributed by atoms with Crippen LogP contribution in [0.3, 0.4) is 0 Å². The van der Waals surface area contributed by atoms with Gasteiger partial charge in [0, 0.05) is 11.6 Å². The zero-order chi connectivity index (χ0) is 24.9. The monoisotopic (exact) mass is 476 g/mol. The van der Waals surface area contributed by atoms with Gasteiger partial charge in [0.1, 0.15) is 23.7 Å². The number of carboxylic acids is 1. The summed E-state index contributed by atoms with van der Waals surface area (Å²) >= 11 is 0. The van der Waals surface area contributed by atoms with Crippen molar-refractivity contribution in [2.75, 3.05) is 14.2 Å². The Labute approximate surface area is 199 Å². The molecule has 0 aliphatic heterocycles. The third kappa shape index (κ3) is 5.19. The molecule has 2 heterocycles. The van der Waals surface area contributed by atoms with Crippen LogP contribution in [0.2, 0.25) is 0 Å². The molecule has 0 spiro atoms. The number of rotatable bonds is 8. The number of hydrogen-bond donors (Lipinski definition) is 1. The molecular weight excluding hydrogens is 455 g/mol. The lowest BCUT2D eigenvalue weighted by Crippen LogP contribution is -2.14. The smallest absolute Gasteiger partial charge is 0.360 e. The van der Waals surface area contributed by atoms with Gasteiger partial charge in [-0.1, -0.05) is 24.3 Å². The molecule has 0 radical (unpaired) electrons. The lowest BCUT2D eigenvalue weighted by Gasteiger charge is -2.15. The number of pyridine rings is 2. The molecule has 35 heavy (non-hydrogen) atoms. The fourth-order valence-electron chi connectivity index (χ4n) is 3.55. The number of benzene rings is 2. The van der Waals surface area contributed by atoms with Gasteiger partial charge < -0.3 is 19.3 Å². The molecule has 4 aromatic rings. The van der Waals surface area contributed by atoms with Gasteiger partial charge in [-0.15, -0.1) is 0 Å². The summed E-state index contributed by atoms with van der Waals surface area (Å²) in [4.78, 5) is 32.9. The highest BCUT2D eigenvalue weighted by molar-refractivity contribution is 6.06. The standard InChI is InChI=1S/C26H21FN2O6/c1-33-19-9-5-16(6-10-19)14-35-24-21-20(22(25(30)31)29-23(24)26(32)34-2)12-17(13-28-21)11-15-3-7-18(27)8-4-15/h3-10,12-13H,11,14H2,1-2H3,(H,30,31). The zero-order valence-corrected chi connectivity index (χ0v) is 18.9. The minimum atomic E-state index is -1.33. The number of esters is 1. The number of halogens is 1. The molecule has 0 atom stereocenters. The summed E-state index contributed by atoms with van der Waals surface area (Å²) in [6.07, 6.45) is 1.95. The molecule has 4 rings (SSSR count). The van der Waals surface area contributed by atoms with Crippen molar-refractivity contribution < 1.29 is 33.3 Å². The number of methoxy groups -OCH3 is 2. The molecule has 0 aliphatic carbocycles. The van der Waals surface area contributed by atoms with Crippen LogP contribution in [0.15, 0.2) is 60.8 Å². The summed E-state index contributed by atoms with van der Waals surface area (Å²) in [7, 11) is 2.73. The van der Waals surface area contributed by atoms with Gasteiger partial charge in [-0.25, -0.2) is 19.0 Å². The van der Waals surface area contributed by atoms with Gasteiger partial charge in [-0.3, -0.25) is 4.98 Å². The highest BCUT2D eigenvalue weighted by Gasteiger charge is 2.25. The molecule has 2 aromatic carbocycles. The van der Waals surface area contributed by atoms with Crippen molar-refractivity contribution in [3.63, 3.8) is 0 Å². The number of nitrogens with zero attached hydrogens (tertiary/aromatic N) is 2. The first-order valence-electron chi connectivity index (χ1n) is 10.5. The second-order valence-electron chi connectivity index (χ2n) is 7.61. The van der Waals surface area contributed by atoms with Gasteiger partial charge in [0.05, 0.1) is 14.2 Å². The van der Waals surface area contributed by atoms with Crippen LogP contribution < -0.4 is 9.47 Å². The highest BCUT2D eigenvalue weighted by Crippen LogP contribution is 2.32. The lowest BCUT2D eigenvalue weighted by atomic mass is 10.0. The van der Waals surface area contributed by atoms with E-state index in [1.807, 2.05) is 0 Å². The summed E-state index contributed by atoms with van der Waals surface area (Å²) in [5.41, 5.74) is 1.80. The number of aromatic carboxylic acids is 1. The number of ether oxygens (including phenoxy) is 3. The number of aromatic nitrogens is 2. The number of carbonyl (C=O) groups excluding carboxylic acids is 1. The minimum Gasteiger partial charge on any atom is -0.497 e. The average Bonchev–Trinajstić information content (AvgIpc) is 2.87. The molecule has 2 aromatic heterocycles. The normalized spacial score (nSPS) is 10.7. The Kier molecular flexibility index (Phi) is 6.86. The maximum Gasteiger partial charge on any atom is 0.360 e. The number of carboxylic acid groups (broad SMARTS) is 1. The highest BCUT2D eigenvalue weighted by atomic mass is 19.1. The molecule has 0 bridgehead atoms. The van der Waals surface area contributed by atoms with Crippen LogP contribution in [0.1, 0.15) is 37.7 Å². The molecule has 178 valence electrons. The Morgan fingerprint density at radius 1 is 0.943 bits per heavy atom. The second kappa shape index (κ2) is 10.2. The SMILES string of the molecule is COC(=O)c1nc(C(=O)O)c2cc(Cc3ccc(F)cc3)cnc2c1OCc1ccc(OC)cc1. The molecule has 0 fully saturated rings. The third-order valence-electron chi connectivity index (χ3n) is 5.30. The van der Waals surface area contributed by atoms with E-state index in [0.717, 1.165) is 11.1 Å². The lowest BCUT2D eigenvalue weighted by molar-refractivity contribution is 0.0588. The molecule has 0 saturated carbocycles. The van der Waals surface area contributed by atoms with E-state index in [9.17, 15) is 19.1 Å². The Balaban J connectivity index is 1.78. The van der Waals surface area contributed by atoms with E-state index in [0.29, 0.717) is 17.7 Å². The van der Waals surface area contributed by atoms with E-state index in [1.165, 1.54) is 19.2 Å². The first-order chi connectivity index (χ1) is 16.9. The van der Waals surface area contributed by atoms with Crippen LogP contribution in [0.5, 0.6) is 11.5 Å². The summed E-state index contributed by atoms with van der Waals surface area (Å²) < 4.78 is 29.1. The maximum atomic E-state index is 13.2. The summed E-state index contributed by atoms with van der Waals surface area (Å²) in [6, 6.07) is 14.7. The van der Waals surface area contributed by atoms with Crippen molar-refractivity contribution >= 4 is 22.8 Å². The van der Waals surface area contributed by atoms with Gasteiger partial charge in [0.2, 0.25) is 0 Å². The molecule has 0 saturated heterocycles.